The molecule has 23 heavy (non-hydrogen) atoms. The zero-order chi connectivity index (χ0) is 17.1. The quantitative estimate of drug-likeness (QED) is 0.880. The summed E-state index contributed by atoms with van der Waals surface area (Å²) in [5, 5.41) is 2.62. The molecule has 0 aliphatic heterocycles. The number of hydrogen-bond acceptors (Lipinski definition) is 4. The molecule has 0 fully saturated rings. The Hall–Kier alpha value is -2.89. The molecule has 1 heterocycles. The van der Waals surface area contributed by atoms with Crippen LogP contribution in [0.2, 0.25) is 0 Å². The van der Waals surface area contributed by atoms with Crippen molar-refractivity contribution in [2.45, 2.75) is 13.8 Å². The van der Waals surface area contributed by atoms with Crippen LogP contribution in [0.5, 0.6) is 0 Å². The fourth-order valence-electron chi connectivity index (χ4n) is 2.32. The standard InChI is InChI=1S/C17H18N2O4/c1-10-9-11(2)19(3)16(21)14(10)15(20)18-13-8-6-5-7-12(13)17(22)23-4/h5-9H,1-4H3,(H,18,20). The topological polar surface area (TPSA) is 77.4 Å². The average Bonchev–Trinajstić information content (AvgIpc) is 2.52. The molecule has 0 aliphatic carbocycles. The molecule has 0 saturated carbocycles. The zero-order valence-electron chi connectivity index (χ0n) is 13.5. The van der Waals surface area contributed by atoms with E-state index in [9.17, 15) is 14.4 Å². The molecule has 1 N–H and O–H groups in total. The SMILES string of the molecule is COC(=O)c1ccccc1NC(=O)c1c(C)cc(C)n(C)c1=O. The normalized spacial score (nSPS) is 10.3. The van der Waals surface area contributed by atoms with Crippen LogP contribution in [-0.2, 0) is 11.8 Å². The first-order valence-corrected chi connectivity index (χ1v) is 7.02. The number of nitrogens with zero attached hydrogens (tertiary/aromatic N) is 1. The van der Waals surface area contributed by atoms with E-state index in [2.05, 4.69) is 5.32 Å². The van der Waals surface area contributed by atoms with Gasteiger partial charge in [0.1, 0.15) is 5.56 Å². The van der Waals surface area contributed by atoms with E-state index in [1.54, 1.807) is 51.2 Å². The number of para-hydroxylation sites is 1. The summed E-state index contributed by atoms with van der Waals surface area (Å²) in [6, 6.07) is 8.24. The highest BCUT2D eigenvalue weighted by Gasteiger charge is 2.19. The van der Waals surface area contributed by atoms with Gasteiger partial charge in [-0.2, -0.15) is 0 Å². The van der Waals surface area contributed by atoms with Gasteiger partial charge in [0.05, 0.1) is 18.4 Å². The number of pyridine rings is 1. The number of aromatic nitrogens is 1. The first kappa shape index (κ1) is 16.5. The maximum absolute atomic E-state index is 12.5. The Bertz CT molecular complexity index is 837. The molecule has 0 atom stereocenters. The molecule has 1 aromatic carbocycles. The third kappa shape index (κ3) is 3.15. The van der Waals surface area contributed by atoms with Crippen molar-refractivity contribution in [3.05, 3.63) is 63.1 Å². The fourth-order valence-corrected chi connectivity index (χ4v) is 2.32. The van der Waals surface area contributed by atoms with E-state index in [0.29, 0.717) is 11.3 Å². The summed E-state index contributed by atoms with van der Waals surface area (Å²) in [7, 11) is 2.87. The van der Waals surface area contributed by atoms with Crippen molar-refractivity contribution < 1.29 is 14.3 Å². The lowest BCUT2D eigenvalue weighted by atomic mass is 10.1. The second kappa shape index (κ2) is 6.48. The molecule has 1 amide bonds. The summed E-state index contributed by atoms with van der Waals surface area (Å²) in [6.07, 6.45) is 0. The van der Waals surface area contributed by atoms with Crippen molar-refractivity contribution in [3.8, 4) is 0 Å². The van der Waals surface area contributed by atoms with Gasteiger partial charge in [0.2, 0.25) is 0 Å². The van der Waals surface area contributed by atoms with Crippen molar-refractivity contribution in [3.63, 3.8) is 0 Å². The third-order valence-corrected chi connectivity index (χ3v) is 3.67. The maximum atomic E-state index is 12.5. The molecule has 0 radical (unpaired) electrons. The highest BCUT2D eigenvalue weighted by Crippen LogP contribution is 2.17. The number of methoxy groups -OCH3 is 1. The van der Waals surface area contributed by atoms with Gasteiger partial charge in [0.25, 0.3) is 11.5 Å². The first-order valence-electron chi connectivity index (χ1n) is 7.02. The smallest absolute Gasteiger partial charge is 0.339 e. The van der Waals surface area contributed by atoms with Crippen LogP contribution in [0.1, 0.15) is 32.0 Å². The molecule has 0 spiro atoms. The molecule has 0 saturated heterocycles. The number of anilines is 1. The predicted octanol–water partition coefficient (Wildman–Crippen LogP) is 2.04. The van der Waals surface area contributed by atoms with Crippen LogP contribution in [0, 0.1) is 13.8 Å². The third-order valence-electron chi connectivity index (χ3n) is 3.67. The van der Waals surface area contributed by atoms with E-state index in [4.69, 9.17) is 4.74 Å². The molecule has 0 unspecified atom stereocenters. The number of ether oxygens (including phenoxy) is 1. The van der Waals surface area contributed by atoms with E-state index in [0.717, 1.165) is 5.69 Å². The number of esters is 1. The van der Waals surface area contributed by atoms with E-state index >= 15 is 0 Å². The van der Waals surface area contributed by atoms with E-state index < -0.39 is 11.9 Å². The van der Waals surface area contributed by atoms with Crippen LogP contribution < -0.4 is 10.9 Å². The van der Waals surface area contributed by atoms with E-state index in [-0.39, 0.29) is 16.7 Å². The molecule has 6 heteroatoms. The Morgan fingerprint density at radius 1 is 1.17 bits per heavy atom. The van der Waals surface area contributed by atoms with Gasteiger partial charge in [-0.05, 0) is 37.6 Å². The molecular formula is C17H18N2O4. The van der Waals surface area contributed by atoms with Crippen LogP contribution in [0.4, 0.5) is 5.69 Å². The second-order valence-corrected chi connectivity index (χ2v) is 5.20. The van der Waals surface area contributed by atoms with Gasteiger partial charge in [-0.3, -0.25) is 9.59 Å². The first-order chi connectivity index (χ1) is 10.9. The number of hydrogen-bond donors (Lipinski definition) is 1. The van der Waals surface area contributed by atoms with Gasteiger partial charge < -0.3 is 14.6 Å². The number of rotatable bonds is 3. The van der Waals surface area contributed by atoms with Crippen molar-refractivity contribution in [1.82, 2.24) is 4.57 Å². The molecule has 0 bridgehead atoms. The number of carbonyl (C=O) groups excluding carboxylic acids is 2. The van der Waals surface area contributed by atoms with E-state index in [1.807, 2.05) is 0 Å². The Morgan fingerprint density at radius 2 is 1.83 bits per heavy atom. The maximum Gasteiger partial charge on any atom is 0.339 e. The average molecular weight is 314 g/mol. The number of carbonyl (C=O) groups is 2. The summed E-state index contributed by atoms with van der Waals surface area (Å²) in [6.45, 7) is 3.50. The van der Waals surface area contributed by atoms with Crippen LogP contribution in [0.3, 0.4) is 0 Å². The highest BCUT2D eigenvalue weighted by molar-refractivity contribution is 6.08. The number of nitrogens with one attached hydrogen (secondary N) is 1. The van der Waals surface area contributed by atoms with Gasteiger partial charge in [0, 0.05) is 12.7 Å². The lowest BCUT2D eigenvalue weighted by molar-refractivity contribution is 0.0602. The lowest BCUT2D eigenvalue weighted by Gasteiger charge is -2.12. The summed E-state index contributed by atoms with van der Waals surface area (Å²) < 4.78 is 6.10. The summed E-state index contributed by atoms with van der Waals surface area (Å²) >= 11 is 0. The highest BCUT2D eigenvalue weighted by atomic mass is 16.5. The minimum atomic E-state index is -0.561. The zero-order valence-corrected chi connectivity index (χ0v) is 13.5. The summed E-state index contributed by atoms with van der Waals surface area (Å²) in [5.41, 5.74) is 1.54. The van der Waals surface area contributed by atoms with Gasteiger partial charge in [-0.15, -0.1) is 0 Å². The molecule has 0 aliphatic rings. The van der Waals surface area contributed by atoms with Gasteiger partial charge in [-0.1, -0.05) is 12.1 Å². The number of benzene rings is 1. The van der Waals surface area contributed by atoms with Crippen molar-refractivity contribution in [2.75, 3.05) is 12.4 Å². The second-order valence-electron chi connectivity index (χ2n) is 5.20. The summed E-state index contributed by atoms with van der Waals surface area (Å²) in [4.78, 5) is 36.6. The Kier molecular flexibility index (Phi) is 4.64. The summed E-state index contributed by atoms with van der Waals surface area (Å²) in [5.74, 6) is -1.12. The largest absolute Gasteiger partial charge is 0.465 e. The molecule has 2 rings (SSSR count). The Labute approximate surface area is 133 Å². The molecule has 6 nitrogen and oxygen atoms in total. The van der Waals surface area contributed by atoms with Crippen molar-refractivity contribution in [2.24, 2.45) is 7.05 Å². The monoisotopic (exact) mass is 314 g/mol. The van der Waals surface area contributed by atoms with Crippen LogP contribution in [0.25, 0.3) is 0 Å². The van der Waals surface area contributed by atoms with Gasteiger partial charge >= 0.3 is 5.97 Å². The minimum absolute atomic E-state index is 0.0535. The Morgan fingerprint density at radius 3 is 2.48 bits per heavy atom. The van der Waals surface area contributed by atoms with Crippen LogP contribution in [0.15, 0.2) is 35.1 Å². The van der Waals surface area contributed by atoms with Gasteiger partial charge in [0.15, 0.2) is 0 Å². The molecule has 2 aromatic rings. The van der Waals surface area contributed by atoms with Gasteiger partial charge in [-0.25, -0.2) is 4.79 Å². The van der Waals surface area contributed by atoms with Crippen LogP contribution in [-0.4, -0.2) is 23.6 Å². The molecular weight excluding hydrogens is 296 g/mol. The lowest BCUT2D eigenvalue weighted by Crippen LogP contribution is -2.30. The Balaban J connectivity index is 2.44. The van der Waals surface area contributed by atoms with Crippen LogP contribution >= 0.6 is 0 Å². The predicted molar refractivity (Wildman–Crippen MR) is 86.9 cm³/mol. The molecule has 120 valence electrons. The fraction of sp³-hybridized carbons (Fsp3) is 0.235. The van der Waals surface area contributed by atoms with E-state index in [1.165, 1.54) is 11.7 Å². The van der Waals surface area contributed by atoms with Crippen molar-refractivity contribution in [1.29, 1.82) is 0 Å². The number of aryl methyl sites for hydroxylation is 2. The molecule has 1 aromatic heterocycles. The minimum Gasteiger partial charge on any atom is -0.465 e. The number of amides is 1. The van der Waals surface area contributed by atoms with Crippen molar-refractivity contribution >= 4 is 17.6 Å².